The molecule has 0 amide bonds. The zero-order valence-electron chi connectivity index (χ0n) is 14.9. The van der Waals surface area contributed by atoms with E-state index < -0.39 is 0 Å². The van der Waals surface area contributed by atoms with Crippen LogP contribution in [0.5, 0.6) is 0 Å². The number of H-pyrrole nitrogens is 1. The van der Waals surface area contributed by atoms with E-state index in [4.69, 9.17) is 11.6 Å². The number of hydrogen-bond acceptors (Lipinski definition) is 2. The number of nitrogens with one attached hydrogen (secondary N) is 2. The van der Waals surface area contributed by atoms with Gasteiger partial charge in [-0.2, -0.15) is 0 Å². The van der Waals surface area contributed by atoms with Gasteiger partial charge in [0.05, 0.1) is 11.0 Å². The maximum atomic E-state index is 6.24. The maximum Gasteiger partial charge on any atom is 0.193 e. The van der Waals surface area contributed by atoms with Gasteiger partial charge in [0, 0.05) is 38.6 Å². The number of imidazole rings is 1. The Morgan fingerprint density at radius 3 is 2.65 bits per heavy atom. The fourth-order valence-electron chi connectivity index (χ4n) is 2.76. The Morgan fingerprint density at radius 1 is 1.19 bits per heavy atom. The zero-order chi connectivity index (χ0) is 17.6. The van der Waals surface area contributed by atoms with Crippen LogP contribution >= 0.6 is 35.6 Å². The van der Waals surface area contributed by atoms with Crippen molar-refractivity contribution in [3.63, 3.8) is 0 Å². The second kappa shape index (κ2) is 9.78. The lowest BCUT2D eigenvalue weighted by atomic mass is 10.2. The molecule has 1 aromatic heterocycles. The summed E-state index contributed by atoms with van der Waals surface area (Å²) in [5.74, 6) is 1.80. The lowest BCUT2D eigenvalue weighted by molar-refractivity contribution is 0.477. The summed E-state index contributed by atoms with van der Waals surface area (Å²) in [6, 6.07) is 15.9. The van der Waals surface area contributed by atoms with Crippen LogP contribution in [0, 0.1) is 0 Å². The monoisotopic (exact) mass is 483 g/mol. The zero-order valence-corrected chi connectivity index (χ0v) is 18.0. The fraction of sp³-hybridized carbons (Fsp3) is 0.263. The Balaban J connectivity index is 0.00000243. The number of hydrogen-bond donors (Lipinski definition) is 2. The molecular formula is C19H23ClIN5. The number of nitrogens with zero attached hydrogens (tertiary/aromatic N) is 3. The third-order valence-corrected chi connectivity index (χ3v) is 4.39. The van der Waals surface area contributed by atoms with Gasteiger partial charge in [0.25, 0.3) is 0 Å². The molecule has 0 aliphatic carbocycles. The van der Waals surface area contributed by atoms with Crippen molar-refractivity contribution in [2.24, 2.45) is 4.99 Å². The summed E-state index contributed by atoms with van der Waals surface area (Å²) in [5, 5.41) is 4.15. The Morgan fingerprint density at radius 2 is 1.92 bits per heavy atom. The molecule has 3 aromatic rings. The number of aromatic nitrogens is 2. The predicted molar refractivity (Wildman–Crippen MR) is 119 cm³/mol. The highest BCUT2D eigenvalue weighted by molar-refractivity contribution is 14.0. The molecule has 0 aliphatic rings. The van der Waals surface area contributed by atoms with Gasteiger partial charge < -0.3 is 15.2 Å². The number of aliphatic imine (C=N–C) groups is 1. The van der Waals surface area contributed by atoms with Gasteiger partial charge in [-0.1, -0.05) is 41.9 Å². The van der Waals surface area contributed by atoms with E-state index in [0.29, 0.717) is 6.54 Å². The minimum Gasteiger partial charge on any atom is -0.356 e. The van der Waals surface area contributed by atoms with Crippen molar-refractivity contribution in [2.75, 3.05) is 20.6 Å². The van der Waals surface area contributed by atoms with Crippen molar-refractivity contribution in [3.8, 4) is 0 Å². The molecule has 7 heteroatoms. The smallest absolute Gasteiger partial charge is 0.193 e. The molecule has 2 N–H and O–H groups in total. The number of aromatic amines is 1. The van der Waals surface area contributed by atoms with Crippen molar-refractivity contribution >= 4 is 52.6 Å². The average Bonchev–Trinajstić information content (AvgIpc) is 3.03. The summed E-state index contributed by atoms with van der Waals surface area (Å²) in [4.78, 5) is 14.3. The van der Waals surface area contributed by atoms with Gasteiger partial charge in [0.15, 0.2) is 5.96 Å². The summed E-state index contributed by atoms with van der Waals surface area (Å²) in [6.07, 6.45) is 0.799. The third-order valence-electron chi connectivity index (χ3n) is 4.02. The average molecular weight is 484 g/mol. The van der Waals surface area contributed by atoms with E-state index in [0.717, 1.165) is 46.4 Å². The van der Waals surface area contributed by atoms with Crippen molar-refractivity contribution in [3.05, 3.63) is 64.9 Å². The second-order valence-corrected chi connectivity index (χ2v) is 6.28. The molecule has 0 spiro atoms. The van der Waals surface area contributed by atoms with Crippen molar-refractivity contribution in [1.29, 1.82) is 0 Å². The van der Waals surface area contributed by atoms with Crippen LogP contribution in [-0.4, -0.2) is 41.5 Å². The fourth-order valence-corrected chi connectivity index (χ4v) is 2.95. The van der Waals surface area contributed by atoms with E-state index >= 15 is 0 Å². The molecule has 0 atom stereocenters. The van der Waals surface area contributed by atoms with E-state index in [1.54, 1.807) is 7.05 Å². The van der Waals surface area contributed by atoms with Crippen LogP contribution in [0.4, 0.5) is 0 Å². The van der Waals surface area contributed by atoms with Crippen LogP contribution in [0.3, 0.4) is 0 Å². The first-order chi connectivity index (χ1) is 12.2. The minimum absolute atomic E-state index is 0. The van der Waals surface area contributed by atoms with Crippen LogP contribution in [0.15, 0.2) is 53.5 Å². The lowest BCUT2D eigenvalue weighted by Gasteiger charge is -2.22. The minimum atomic E-state index is 0. The third kappa shape index (κ3) is 5.11. The van der Waals surface area contributed by atoms with E-state index in [1.807, 2.05) is 55.6 Å². The summed E-state index contributed by atoms with van der Waals surface area (Å²) in [7, 11) is 3.78. The number of fused-ring (bicyclic) bond motifs is 1. The molecule has 0 saturated heterocycles. The quantitative estimate of drug-likeness (QED) is 0.327. The summed E-state index contributed by atoms with van der Waals surface area (Å²) in [6.45, 7) is 1.45. The summed E-state index contributed by atoms with van der Waals surface area (Å²) in [5.41, 5.74) is 3.14. The van der Waals surface area contributed by atoms with Gasteiger partial charge in [-0.3, -0.25) is 4.99 Å². The van der Waals surface area contributed by atoms with Crippen LogP contribution < -0.4 is 5.32 Å². The van der Waals surface area contributed by atoms with E-state index in [9.17, 15) is 0 Å². The highest BCUT2D eigenvalue weighted by Gasteiger charge is 2.09. The lowest BCUT2D eigenvalue weighted by Crippen LogP contribution is -2.39. The predicted octanol–water partition coefficient (Wildman–Crippen LogP) is 4.08. The molecule has 138 valence electrons. The molecule has 2 aromatic carbocycles. The first-order valence-electron chi connectivity index (χ1n) is 8.26. The van der Waals surface area contributed by atoms with Gasteiger partial charge in [-0.25, -0.2) is 4.98 Å². The van der Waals surface area contributed by atoms with Gasteiger partial charge in [-0.05, 0) is 23.8 Å². The first-order valence-corrected chi connectivity index (χ1v) is 8.64. The Bertz CT molecular complexity index is 844. The van der Waals surface area contributed by atoms with Crippen LogP contribution in [0.2, 0.25) is 5.02 Å². The largest absolute Gasteiger partial charge is 0.356 e. The topological polar surface area (TPSA) is 56.3 Å². The van der Waals surface area contributed by atoms with Crippen molar-refractivity contribution in [2.45, 2.75) is 13.0 Å². The molecule has 0 bridgehead atoms. The van der Waals surface area contributed by atoms with Crippen LogP contribution in [-0.2, 0) is 13.0 Å². The molecule has 1 heterocycles. The summed E-state index contributed by atoms with van der Waals surface area (Å²) < 4.78 is 0. The number of para-hydroxylation sites is 2. The molecule has 3 rings (SSSR count). The van der Waals surface area contributed by atoms with Crippen molar-refractivity contribution in [1.82, 2.24) is 20.2 Å². The maximum absolute atomic E-state index is 6.24. The van der Waals surface area contributed by atoms with E-state index in [2.05, 4.69) is 25.2 Å². The SMILES string of the molecule is CN=C(NCCc1nc2ccccc2[nH]1)N(C)Cc1ccccc1Cl.I. The highest BCUT2D eigenvalue weighted by atomic mass is 127. The summed E-state index contributed by atoms with van der Waals surface area (Å²) >= 11 is 6.24. The molecule has 0 fully saturated rings. The second-order valence-electron chi connectivity index (χ2n) is 5.87. The molecule has 0 radical (unpaired) electrons. The molecule has 0 aliphatic heterocycles. The standard InChI is InChI=1S/C19H22ClN5.HI/c1-21-19(25(2)13-14-7-3-4-8-15(14)20)22-12-11-18-23-16-9-5-6-10-17(16)24-18;/h3-10H,11-13H2,1-2H3,(H,21,22)(H,23,24);1H. The number of benzene rings is 2. The molecular weight excluding hydrogens is 461 g/mol. The van der Waals surface area contributed by atoms with Crippen LogP contribution in [0.25, 0.3) is 11.0 Å². The first kappa shape index (κ1) is 20.5. The van der Waals surface area contributed by atoms with Gasteiger partial charge >= 0.3 is 0 Å². The molecule has 0 unspecified atom stereocenters. The number of halogens is 2. The molecule has 26 heavy (non-hydrogen) atoms. The van der Waals surface area contributed by atoms with E-state index in [1.165, 1.54) is 0 Å². The Labute approximate surface area is 175 Å². The molecule has 0 saturated carbocycles. The number of guanidine groups is 1. The Hall–Kier alpha value is -1.80. The van der Waals surface area contributed by atoms with Gasteiger partial charge in [0.1, 0.15) is 5.82 Å². The Kier molecular flexibility index (Phi) is 7.71. The molecule has 5 nitrogen and oxygen atoms in total. The normalized spacial score (nSPS) is 11.3. The van der Waals surface area contributed by atoms with E-state index in [-0.39, 0.29) is 24.0 Å². The van der Waals surface area contributed by atoms with Gasteiger partial charge in [-0.15, -0.1) is 24.0 Å². The number of rotatable bonds is 5. The van der Waals surface area contributed by atoms with Crippen molar-refractivity contribution < 1.29 is 0 Å². The van der Waals surface area contributed by atoms with Gasteiger partial charge in [0.2, 0.25) is 0 Å². The van der Waals surface area contributed by atoms with Crippen LogP contribution in [0.1, 0.15) is 11.4 Å². The highest BCUT2D eigenvalue weighted by Crippen LogP contribution is 2.16.